The highest BCUT2D eigenvalue weighted by Gasteiger charge is 1.89. The Morgan fingerprint density at radius 3 is 0.900 bits per heavy atom. The van der Waals surface area contributed by atoms with Crippen LogP contribution in [0.1, 0.15) is 104 Å². The van der Waals surface area contributed by atoms with E-state index in [1.807, 2.05) is 0 Å². The molecule has 0 N–H and O–H groups in total. The fraction of sp³-hybridized carbons (Fsp3) is 1.00. The third-order valence-electron chi connectivity index (χ3n) is 3.47. The zero-order valence-corrected chi connectivity index (χ0v) is 15.6. The summed E-state index contributed by atoms with van der Waals surface area (Å²) in [5.74, 6) is 1.68. The van der Waals surface area contributed by atoms with Gasteiger partial charge in [-0.3, -0.25) is 0 Å². The zero-order chi connectivity index (χ0) is 15.3. The molecule has 0 atom stereocenters. The summed E-state index contributed by atoms with van der Waals surface area (Å²) in [7, 11) is 0. The van der Waals surface area contributed by atoms with Gasteiger partial charge in [0.15, 0.2) is 0 Å². The third-order valence-corrected chi connectivity index (χ3v) is 4.01. The van der Waals surface area contributed by atoms with Gasteiger partial charge in [0.1, 0.15) is 0 Å². The number of halogens is 2. The van der Waals surface area contributed by atoms with Crippen molar-refractivity contribution in [3.63, 3.8) is 0 Å². The van der Waals surface area contributed by atoms with Crippen molar-refractivity contribution in [2.24, 2.45) is 0 Å². The van der Waals surface area contributed by atoms with Crippen LogP contribution in [0.15, 0.2) is 0 Å². The van der Waals surface area contributed by atoms with Crippen molar-refractivity contribution < 1.29 is 0 Å². The van der Waals surface area contributed by atoms with E-state index in [2.05, 4.69) is 13.8 Å². The van der Waals surface area contributed by atoms with Gasteiger partial charge in [-0.1, -0.05) is 90.9 Å². The zero-order valence-electron chi connectivity index (χ0n) is 14.1. The van der Waals surface area contributed by atoms with Crippen molar-refractivity contribution in [3.05, 3.63) is 0 Å². The summed E-state index contributed by atoms with van der Waals surface area (Å²) in [6.45, 7) is 4.50. The van der Waals surface area contributed by atoms with E-state index in [-0.39, 0.29) is 0 Å². The van der Waals surface area contributed by atoms with E-state index in [1.54, 1.807) is 0 Å². The van der Waals surface area contributed by atoms with Crippen molar-refractivity contribution >= 4 is 23.2 Å². The van der Waals surface area contributed by atoms with Crippen molar-refractivity contribution in [2.45, 2.75) is 104 Å². The second-order valence-electron chi connectivity index (χ2n) is 5.62. The highest BCUT2D eigenvalue weighted by molar-refractivity contribution is 6.18. The van der Waals surface area contributed by atoms with Gasteiger partial charge in [0, 0.05) is 11.8 Å². The first-order valence-corrected chi connectivity index (χ1v) is 10.0. The number of hydrogen-bond donors (Lipinski definition) is 0. The Morgan fingerprint density at radius 2 is 0.650 bits per heavy atom. The van der Waals surface area contributed by atoms with E-state index >= 15 is 0 Å². The average molecular weight is 325 g/mol. The summed E-state index contributed by atoms with van der Waals surface area (Å²) in [6.07, 6.45) is 19.0. The highest BCUT2D eigenvalue weighted by atomic mass is 35.5. The van der Waals surface area contributed by atoms with Crippen molar-refractivity contribution in [1.82, 2.24) is 0 Å². The molecule has 0 nitrogen and oxygen atoms in total. The Bertz CT molecular complexity index is 105. The van der Waals surface area contributed by atoms with Gasteiger partial charge in [0.2, 0.25) is 0 Å². The predicted molar refractivity (Wildman–Crippen MR) is 97.4 cm³/mol. The standard InChI is InChI=1S/2C9H19Cl/c2*1-2-3-4-5-6-7-8-9-10/h2*2-9H2,1H3. The van der Waals surface area contributed by atoms with Gasteiger partial charge >= 0.3 is 0 Å². The van der Waals surface area contributed by atoms with Crippen LogP contribution in [0.4, 0.5) is 0 Å². The summed E-state index contributed by atoms with van der Waals surface area (Å²) in [5, 5.41) is 0. The van der Waals surface area contributed by atoms with Crippen LogP contribution in [0.5, 0.6) is 0 Å². The van der Waals surface area contributed by atoms with Crippen LogP contribution < -0.4 is 0 Å². The molecule has 124 valence electrons. The Labute approximate surface area is 139 Å². The molecule has 0 aromatic heterocycles. The molecule has 20 heavy (non-hydrogen) atoms. The van der Waals surface area contributed by atoms with E-state index in [9.17, 15) is 0 Å². The van der Waals surface area contributed by atoms with Crippen molar-refractivity contribution in [2.75, 3.05) is 11.8 Å². The molecule has 0 heterocycles. The molecule has 0 saturated carbocycles. The molecule has 0 amide bonds. The van der Waals surface area contributed by atoms with Crippen LogP contribution in [-0.4, -0.2) is 11.8 Å². The largest absolute Gasteiger partial charge is 0.127 e. The van der Waals surface area contributed by atoms with Gasteiger partial charge in [-0.25, -0.2) is 0 Å². The molecule has 0 aromatic rings. The first-order chi connectivity index (χ1) is 9.83. The van der Waals surface area contributed by atoms with Crippen molar-refractivity contribution in [1.29, 1.82) is 0 Å². The van der Waals surface area contributed by atoms with Crippen molar-refractivity contribution in [3.8, 4) is 0 Å². The maximum absolute atomic E-state index is 5.54. The smallest absolute Gasteiger partial charge is 0.0223 e. The Hall–Kier alpha value is 0.580. The van der Waals surface area contributed by atoms with Gasteiger partial charge in [0.05, 0.1) is 0 Å². The number of rotatable bonds is 14. The molecular formula is C18H38Cl2. The molecule has 0 bridgehead atoms. The molecule has 0 rings (SSSR count). The topological polar surface area (TPSA) is 0 Å². The van der Waals surface area contributed by atoms with Crippen LogP contribution in [0, 0.1) is 0 Å². The normalized spacial score (nSPS) is 10.2. The second kappa shape index (κ2) is 24.6. The quantitative estimate of drug-likeness (QED) is 0.224. The fourth-order valence-corrected chi connectivity index (χ4v) is 2.48. The van der Waals surface area contributed by atoms with E-state index in [0.29, 0.717) is 0 Å². The predicted octanol–water partition coefficient (Wildman–Crippen LogP) is 7.95. The van der Waals surface area contributed by atoms with Gasteiger partial charge in [0.25, 0.3) is 0 Å². The van der Waals surface area contributed by atoms with E-state index in [0.717, 1.165) is 11.8 Å². The summed E-state index contributed by atoms with van der Waals surface area (Å²) < 4.78 is 0. The molecule has 0 saturated heterocycles. The van der Waals surface area contributed by atoms with Crippen LogP contribution in [-0.2, 0) is 0 Å². The molecule has 0 aliphatic rings. The number of unbranched alkanes of at least 4 members (excludes halogenated alkanes) is 12. The lowest BCUT2D eigenvalue weighted by Crippen LogP contribution is -1.79. The maximum Gasteiger partial charge on any atom is 0.0223 e. The number of hydrogen-bond acceptors (Lipinski definition) is 0. The molecule has 0 aliphatic carbocycles. The lowest BCUT2D eigenvalue weighted by atomic mass is 10.1. The summed E-state index contributed by atoms with van der Waals surface area (Å²) in [4.78, 5) is 0. The van der Waals surface area contributed by atoms with Gasteiger partial charge in [-0.05, 0) is 12.8 Å². The second-order valence-corrected chi connectivity index (χ2v) is 6.38. The highest BCUT2D eigenvalue weighted by Crippen LogP contribution is 2.07. The Kier molecular flexibility index (Phi) is 28.1. The molecule has 0 radical (unpaired) electrons. The lowest BCUT2D eigenvalue weighted by molar-refractivity contribution is 0.603. The summed E-state index contributed by atoms with van der Waals surface area (Å²) >= 11 is 11.1. The Balaban J connectivity index is 0. The summed E-state index contributed by atoms with van der Waals surface area (Å²) in [5.41, 5.74) is 0. The lowest BCUT2D eigenvalue weighted by Gasteiger charge is -1.97. The van der Waals surface area contributed by atoms with Gasteiger partial charge < -0.3 is 0 Å². The van der Waals surface area contributed by atoms with Gasteiger partial charge in [-0.15, -0.1) is 23.2 Å². The molecule has 0 fully saturated rings. The molecule has 0 aromatic carbocycles. The summed E-state index contributed by atoms with van der Waals surface area (Å²) in [6, 6.07) is 0. The minimum absolute atomic E-state index is 0.841. The third kappa shape index (κ3) is 27.0. The fourth-order valence-electron chi connectivity index (χ4n) is 2.10. The number of alkyl halides is 2. The molecular weight excluding hydrogens is 287 g/mol. The van der Waals surface area contributed by atoms with Crippen LogP contribution in [0.2, 0.25) is 0 Å². The van der Waals surface area contributed by atoms with E-state index in [1.165, 1.54) is 89.9 Å². The van der Waals surface area contributed by atoms with E-state index in [4.69, 9.17) is 23.2 Å². The monoisotopic (exact) mass is 324 g/mol. The van der Waals surface area contributed by atoms with E-state index < -0.39 is 0 Å². The van der Waals surface area contributed by atoms with Crippen LogP contribution in [0.25, 0.3) is 0 Å². The van der Waals surface area contributed by atoms with Crippen LogP contribution >= 0.6 is 23.2 Å². The molecule has 0 aliphatic heterocycles. The first kappa shape index (κ1) is 22.9. The Morgan fingerprint density at radius 1 is 0.400 bits per heavy atom. The molecule has 0 spiro atoms. The molecule has 2 heteroatoms. The molecule has 0 unspecified atom stereocenters. The van der Waals surface area contributed by atoms with Gasteiger partial charge in [-0.2, -0.15) is 0 Å². The van der Waals surface area contributed by atoms with Crippen LogP contribution in [0.3, 0.4) is 0 Å². The average Bonchev–Trinajstić information content (AvgIpc) is 2.47. The minimum atomic E-state index is 0.841. The maximum atomic E-state index is 5.54. The minimum Gasteiger partial charge on any atom is -0.127 e. The first-order valence-electron chi connectivity index (χ1n) is 8.95. The SMILES string of the molecule is CCCCCCCCCCl.CCCCCCCCCCl.